The van der Waals surface area contributed by atoms with Crippen LogP contribution in [0.4, 0.5) is 17.7 Å². The average molecular weight is 627 g/mol. The van der Waals surface area contributed by atoms with Crippen LogP contribution >= 0.6 is 7.82 Å². The van der Waals surface area contributed by atoms with E-state index in [1.54, 1.807) is 0 Å². The molecule has 2 fully saturated rings. The number of ether oxygens (including phenoxy) is 3. The number of H-pyrrole nitrogens is 1. The molecule has 9 atom stereocenters. The predicted octanol–water partition coefficient (Wildman–Crippen LogP) is -3.31. The lowest BCUT2D eigenvalue weighted by atomic mass is 10.1. The molecule has 0 bridgehead atoms. The maximum Gasteiger partial charge on any atom is 0.472 e. The van der Waals surface area contributed by atoms with Gasteiger partial charge < -0.3 is 51.6 Å². The van der Waals surface area contributed by atoms with Crippen molar-refractivity contribution < 1.29 is 48.0 Å². The van der Waals surface area contributed by atoms with Crippen LogP contribution in [-0.4, -0.2) is 110 Å². The van der Waals surface area contributed by atoms with Gasteiger partial charge in [0.15, 0.2) is 41.4 Å². The second-order valence-corrected chi connectivity index (χ2v) is 11.0. The van der Waals surface area contributed by atoms with Gasteiger partial charge in [-0.3, -0.25) is 28.0 Å². The summed E-state index contributed by atoms with van der Waals surface area (Å²) in [5.74, 6) is -0.428. The van der Waals surface area contributed by atoms with Crippen molar-refractivity contribution in [2.75, 3.05) is 30.9 Å². The van der Waals surface area contributed by atoms with Gasteiger partial charge in [-0.25, -0.2) is 14.5 Å². The number of anilines is 3. The van der Waals surface area contributed by atoms with E-state index in [1.165, 1.54) is 18.0 Å². The van der Waals surface area contributed by atoms with E-state index in [4.69, 9.17) is 40.5 Å². The minimum Gasteiger partial charge on any atom is -0.387 e. The van der Waals surface area contributed by atoms with Crippen molar-refractivity contribution in [3.8, 4) is 0 Å². The van der Waals surface area contributed by atoms with Crippen molar-refractivity contribution in [1.29, 1.82) is 0 Å². The number of aliphatic hydroxyl groups is 3. The molecule has 11 N–H and O–H groups in total. The lowest BCUT2D eigenvalue weighted by Crippen LogP contribution is -2.35. The van der Waals surface area contributed by atoms with E-state index in [-0.39, 0.29) is 40.0 Å². The molecule has 6 heterocycles. The van der Waals surface area contributed by atoms with Crippen molar-refractivity contribution in [2.45, 2.75) is 49.3 Å². The first-order valence-electron chi connectivity index (χ1n) is 12.4. The van der Waals surface area contributed by atoms with Crippen LogP contribution in [0.15, 0.2) is 17.4 Å². The Morgan fingerprint density at radius 2 is 1.65 bits per heavy atom. The minimum absolute atomic E-state index is 0.0191. The lowest BCUT2D eigenvalue weighted by Gasteiger charge is -2.24. The maximum absolute atomic E-state index is 13.0. The summed E-state index contributed by atoms with van der Waals surface area (Å²) in [6, 6.07) is 0. The highest BCUT2D eigenvalue weighted by atomic mass is 31.2. The van der Waals surface area contributed by atoms with E-state index in [2.05, 4.69) is 29.9 Å². The van der Waals surface area contributed by atoms with Crippen molar-refractivity contribution in [3.05, 3.63) is 23.0 Å². The van der Waals surface area contributed by atoms with Crippen LogP contribution < -0.4 is 22.8 Å². The zero-order valence-corrected chi connectivity index (χ0v) is 22.8. The SMILES string of the molecule is CO[C@H]1O[C@@H](n2cnc3c(=O)[nH]c(N)nc32)C(OP(=O)(O)OC[C@H]2O[C@@H](n3cnc4c(N)nc(N)nc43)C(O)C2O)C1O. The van der Waals surface area contributed by atoms with Gasteiger partial charge in [0, 0.05) is 7.11 Å². The Morgan fingerprint density at radius 3 is 2.37 bits per heavy atom. The number of nitrogen functional groups attached to an aromatic ring is 3. The van der Waals surface area contributed by atoms with Gasteiger partial charge in [-0.05, 0) is 0 Å². The monoisotopic (exact) mass is 627 g/mol. The van der Waals surface area contributed by atoms with E-state index in [0.29, 0.717) is 0 Å². The Labute approximate surface area is 238 Å². The average Bonchev–Trinajstić information content (AvgIpc) is 3.69. The summed E-state index contributed by atoms with van der Waals surface area (Å²) >= 11 is 0. The fourth-order valence-corrected chi connectivity index (χ4v) is 5.80. The van der Waals surface area contributed by atoms with Crippen LogP contribution in [0, 0.1) is 0 Å². The molecular weight excluding hydrogens is 601 g/mol. The summed E-state index contributed by atoms with van der Waals surface area (Å²) < 4.78 is 42.2. The molecule has 0 aromatic carbocycles. The zero-order valence-electron chi connectivity index (χ0n) is 21.9. The molecule has 0 amide bonds. The molecule has 232 valence electrons. The summed E-state index contributed by atoms with van der Waals surface area (Å²) in [6.45, 7) is -0.752. The molecule has 22 nitrogen and oxygen atoms in total. The Balaban J connectivity index is 1.19. The van der Waals surface area contributed by atoms with Gasteiger partial charge in [0.1, 0.15) is 36.0 Å². The van der Waals surface area contributed by atoms with E-state index < -0.39 is 69.3 Å². The molecule has 0 spiro atoms. The number of hydrogen-bond acceptors (Lipinski definition) is 18. The highest BCUT2D eigenvalue weighted by Crippen LogP contribution is 2.50. The Hall–Kier alpha value is -3.83. The third-order valence-corrected chi connectivity index (χ3v) is 7.85. The normalized spacial score (nSPS) is 30.8. The molecule has 0 saturated carbocycles. The molecule has 0 aliphatic carbocycles. The minimum atomic E-state index is -5.05. The van der Waals surface area contributed by atoms with Gasteiger partial charge in [-0.2, -0.15) is 15.0 Å². The largest absolute Gasteiger partial charge is 0.472 e. The van der Waals surface area contributed by atoms with Gasteiger partial charge in [-0.1, -0.05) is 0 Å². The van der Waals surface area contributed by atoms with Crippen molar-refractivity contribution in [1.82, 2.24) is 39.0 Å². The number of phosphoric ester groups is 1. The Kier molecular flexibility index (Phi) is 7.29. The third kappa shape index (κ3) is 5.08. The Morgan fingerprint density at radius 1 is 0.977 bits per heavy atom. The summed E-state index contributed by atoms with van der Waals surface area (Å²) in [5.41, 5.74) is 16.5. The molecule has 5 unspecified atom stereocenters. The second kappa shape index (κ2) is 10.7. The van der Waals surface area contributed by atoms with Gasteiger partial charge >= 0.3 is 7.82 Å². The number of nitrogens with two attached hydrogens (primary N) is 3. The topological polar surface area (TPSA) is 329 Å². The number of nitrogens with zero attached hydrogens (tertiary/aromatic N) is 7. The quantitative estimate of drug-likeness (QED) is 0.0886. The fourth-order valence-electron chi connectivity index (χ4n) is 4.87. The first-order valence-corrected chi connectivity index (χ1v) is 13.9. The number of nitrogens with one attached hydrogen (secondary N) is 1. The predicted molar refractivity (Wildman–Crippen MR) is 140 cm³/mol. The molecule has 2 aliphatic heterocycles. The van der Waals surface area contributed by atoms with Crippen LogP contribution in [0.5, 0.6) is 0 Å². The summed E-state index contributed by atoms with van der Waals surface area (Å²) in [5, 5.41) is 32.0. The molecular formula is C20H26N11O11P. The third-order valence-electron chi connectivity index (χ3n) is 6.86. The molecule has 2 saturated heterocycles. The number of imidazole rings is 2. The van der Waals surface area contributed by atoms with Crippen LogP contribution in [0.3, 0.4) is 0 Å². The van der Waals surface area contributed by atoms with Crippen LogP contribution in [0.2, 0.25) is 0 Å². The number of aromatic nitrogens is 8. The number of aliphatic hydroxyl groups excluding tert-OH is 3. The summed E-state index contributed by atoms with van der Waals surface area (Å²) in [4.78, 5) is 44.9. The molecule has 6 rings (SSSR count). The highest BCUT2D eigenvalue weighted by Gasteiger charge is 2.51. The number of methoxy groups -OCH3 is 1. The first-order chi connectivity index (χ1) is 20.4. The standard InChI is InChI=1S/C20H26N11O11P/c1-38-18-10(34)11(17(41-18)31-4-25-7-14(31)28-20(23)29-15(7)35)42-43(36,37)39-2-5-8(32)9(33)16(40-5)30-3-24-6-12(21)26-19(22)27-13(6)30/h3-5,8-11,16-18,32-34H,2H2,1H3,(H,36,37)(H4,21,22,26,27)(H3,23,28,29,35)/t5-,8?,9?,10?,11?,16-,17-,18+/m1/s1. The molecule has 23 heteroatoms. The van der Waals surface area contributed by atoms with E-state index in [9.17, 15) is 29.6 Å². The smallest absolute Gasteiger partial charge is 0.387 e. The van der Waals surface area contributed by atoms with E-state index >= 15 is 0 Å². The van der Waals surface area contributed by atoms with Gasteiger partial charge in [0.2, 0.25) is 11.9 Å². The summed E-state index contributed by atoms with van der Waals surface area (Å²) in [7, 11) is -3.84. The number of rotatable bonds is 8. The fraction of sp³-hybridized carbons (Fsp3) is 0.500. The summed E-state index contributed by atoms with van der Waals surface area (Å²) in [6.07, 6.45) is -9.38. The van der Waals surface area contributed by atoms with Gasteiger partial charge in [0.05, 0.1) is 19.3 Å². The number of hydrogen-bond donors (Lipinski definition) is 8. The van der Waals surface area contributed by atoms with Gasteiger partial charge in [0.25, 0.3) is 5.56 Å². The number of phosphoric acid groups is 1. The first kappa shape index (κ1) is 29.3. The Bertz CT molecular complexity index is 1780. The van der Waals surface area contributed by atoms with Crippen LogP contribution in [0.25, 0.3) is 22.3 Å². The van der Waals surface area contributed by atoms with Crippen molar-refractivity contribution in [2.24, 2.45) is 0 Å². The molecule has 2 aliphatic rings. The zero-order chi connectivity index (χ0) is 30.8. The molecule has 0 radical (unpaired) electrons. The van der Waals surface area contributed by atoms with Crippen molar-refractivity contribution >= 4 is 47.9 Å². The molecule has 4 aromatic rings. The lowest BCUT2D eigenvalue weighted by molar-refractivity contribution is -0.160. The van der Waals surface area contributed by atoms with E-state index in [0.717, 1.165) is 10.9 Å². The van der Waals surface area contributed by atoms with Crippen LogP contribution in [0.1, 0.15) is 12.5 Å². The molecule has 43 heavy (non-hydrogen) atoms. The number of fused-ring (bicyclic) bond motifs is 2. The maximum atomic E-state index is 13.0. The van der Waals surface area contributed by atoms with Gasteiger partial charge in [-0.15, -0.1) is 0 Å². The van der Waals surface area contributed by atoms with Crippen LogP contribution in [-0.2, 0) is 27.8 Å². The highest BCUT2D eigenvalue weighted by molar-refractivity contribution is 7.47. The molecule has 4 aromatic heterocycles. The second-order valence-electron chi connectivity index (χ2n) is 9.57. The van der Waals surface area contributed by atoms with Crippen molar-refractivity contribution in [3.63, 3.8) is 0 Å². The van der Waals surface area contributed by atoms with E-state index in [1.807, 2.05) is 0 Å². The number of aromatic amines is 1.